The van der Waals surface area contributed by atoms with E-state index in [2.05, 4.69) is 10.6 Å². The van der Waals surface area contributed by atoms with Gasteiger partial charge in [-0.25, -0.2) is 0 Å². The minimum atomic E-state index is -1.72. The summed E-state index contributed by atoms with van der Waals surface area (Å²) in [4.78, 5) is 41.6. The van der Waals surface area contributed by atoms with Gasteiger partial charge >= 0.3 is 7.12 Å². The van der Waals surface area contributed by atoms with Crippen LogP contribution in [0, 0.1) is 11.8 Å². The van der Waals surface area contributed by atoms with E-state index < -0.39 is 37.1 Å². The molecule has 1 saturated heterocycles. The topological polar surface area (TPSA) is 145 Å². The van der Waals surface area contributed by atoms with Gasteiger partial charge in [-0.3, -0.25) is 14.4 Å². The molecule has 10 heteroatoms. The number of nitrogens with two attached hydrogens (primary N) is 1. The van der Waals surface area contributed by atoms with Crippen molar-refractivity contribution in [1.29, 1.82) is 0 Å². The van der Waals surface area contributed by atoms with Gasteiger partial charge in [-0.2, -0.15) is 0 Å². The highest BCUT2D eigenvalue weighted by atomic mass is 16.4. The Morgan fingerprint density at radius 1 is 1.03 bits per heavy atom. The fourth-order valence-electron chi connectivity index (χ4n) is 5.56. The number of rotatable bonds is 11. The molecule has 1 aliphatic heterocycles. The Labute approximate surface area is 220 Å². The number of hydrogen-bond acceptors (Lipinski definition) is 6. The molecule has 1 aliphatic carbocycles. The maximum Gasteiger partial charge on any atom is 0.475 e. The number of carbonyl (C=O) groups is 3. The van der Waals surface area contributed by atoms with Gasteiger partial charge in [0.1, 0.15) is 12.1 Å². The number of nitrogens with one attached hydrogen (secondary N) is 2. The Kier molecular flexibility index (Phi) is 11.0. The lowest BCUT2D eigenvalue weighted by molar-refractivity contribution is -0.141. The molecule has 0 spiro atoms. The summed E-state index contributed by atoms with van der Waals surface area (Å²) in [5, 5.41) is 25.1. The molecule has 4 atom stereocenters. The molecule has 0 aromatic heterocycles. The van der Waals surface area contributed by atoms with E-state index in [1.807, 2.05) is 44.2 Å². The van der Waals surface area contributed by atoms with E-state index in [1.54, 1.807) is 4.90 Å². The molecule has 9 nitrogen and oxygen atoms in total. The van der Waals surface area contributed by atoms with Gasteiger partial charge in [0.15, 0.2) is 0 Å². The monoisotopic (exact) mass is 514 g/mol. The van der Waals surface area contributed by atoms with Gasteiger partial charge in [-0.05, 0) is 49.5 Å². The van der Waals surface area contributed by atoms with Crippen molar-refractivity contribution in [3.63, 3.8) is 0 Å². The third-order valence-corrected chi connectivity index (χ3v) is 7.61. The van der Waals surface area contributed by atoms with Crippen molar-refractivity contribution in [3.8, 4) is 0 Å². The summed E-state index contributed by atoms with van der Waals surface area (Å²) in [6.45, 7) is 4.32. The zero-order valence-corrected chi connectivity index (χ0v) is 22.1. The number of amides is 3. The predicted octanol–water partition coefficient (Wildman–Crippen LogP) is 1.16. The van der Waals surface area contributed by atoms with Crippen LogP contribution in [-0.4, -0.2) is 70.4 Å². The number of benzene rings is 1. The van der Waals surface area contributed by atoms with E-state index in [4.69, 9.17) is 5.73 Å². The minimum absolute atomic E-state index is 0.126. The van der Waals surface area contributed by atoms with Gasteiger partial charge in [-0.15, -0.1) is 0 Å². The second-order valence-electron chi connectivity index (χ2n) is 11.0. The summed E-state index contributed by atoms with van der Waals surface area (Å²) < 4.78 is 0. The first-order chi connectivity index (χ1) is 17.7. The molecule has 0 radical (unpaired) electrons. The number of nitrogens with zero attached hydrogens (tertiary/aromatic N) is 1. The van der Waals surface area contributed by atoms with Crippen LogP contribution in [0.25, 0.3) is 0 Å². The molecule has 37 heavy (non-hydrogen) atoms. The minimum Gasteiger partial charge on any atom is -0.426 e. The first kappa shape index (κ1) is 29.1. The molecule has 1 saturated carbocycles. The van der Waals surface area contributed by atoms with Crippen molar-refractivity contribution < 1.29 is 24.4 Å². The maximum atomic E-state index is 13.4. The van der Waals surface area contributed by atoms with Crippen molar-refractivity contribution in [3.05, 3.63) is 35.9 Å². The predicted molar refractivity (Wildman–Crippen MR) is 143 cm³/mol. The van der Waals surface area contributed by atoms with E-state index in [1.165, 1.54) is 6.42 Å². The van der Waals surface area contributed by atoms with Crippen molar-refractivity contribution in [2.75, 3.05) is 6.54 Å². The molecule has 3 rings (SSSR count). The fraction of sp³-hybridized carbons (Fsp3) is 0.667. The van der Waals surface area contributed by atoms with E-state index in [0.29, 0.717) is 25.8 Å². The average Bonchev–Trinajstić information content (AvgIpc) is 3.38. The highest BCUT2D eigenvalue weighted by Crippen LogP contribution is 2.28. The molecule has 6 N–H and O–H groups in total. The van der Waals surface area contributed by atoms with Gasteiger partial charge in [0.05, 0.1) is 12.0 Å². The lowest BCUT2D eigenvalue weighted by atomic mass is 9.75. The zero-order chi connectivity index (χ0) is 26.9. The Hall–Kier alpha value is -2.43. The molecule has 204 valence electrons. The van der Waals surface area contributed by atoms with E-state index >= 15 is 0 Å². The van der Waals surface area contributed by atoms with Crippen molar-refractivity contribution in [2.45, 2.75) is 95.7 Å². The van der Waals surface area contributed by atoms with Crippen LogP contribution >= 0.6 is 0 Å². The van der Waals surface area contributed by atoms with Crippen LogP contribution in [0.3, 0.4) is 0 Å². The molecule has 2 aliphatic rings. The largest absolute Gasteiger partial charge is 0.475 e. The molecule has 2 fully saturated rings. The van der Waals surface area contributed by atoms with E-state index in [-0.39, 0.29) is 30.1 Å². The Morgan fingerprint density at radius 3 is 2.32 bits per heavy atom. The summed E-state index contributed by atoms with van der Waals surface area (Å²) in [6.07, 6.45) is 7.01. The van der Waals surface area contributed by atoms with Gasteiger partial charge in [0.2, 0.25) is 17.7 Å². The smallest absolute Gasteiger partial charge is 0.426 e. The average molecular weight is 514 g/mol. The highest BCUT2D eigenvalue weighted by Gasteiger charge is 2.40. The third kappa shape index (κ3) is 8.28. The lowest BCUT2D eigenvalue weighted by Crippen LogP contribution is -2.58. The van der Waals surface area contributed by atoms with Crippen molar-refractivity contribution >= 4 is 24.8 Å². The zero-order valence-electron chi connectivity index (χ0n) is 22.1. The molecular weight excluding hydrogens is 471 g/mol. The first-order valence-corrected chi connectivity index (χ1v) is 13.7. The van der Waals surface area contributed by atoms with Crippen LogP contribution in [0.4, 0.5) is 0 Å². The van der Waals surface area contributed by atoms with Gasteiger partial charge in [-0.1, -0.05) is 63.4 Å². The Bertz CT molecular complexity index is 894. The van der Waals surface area contributed by atoms with Gasteiger partial charge < -0.3 is 31.3 Å². The fourth-order valence-corrected chi connectivity index (χ4v) is 5.56. The Balaban J connectivity index is 1.72. The SMILES string of the molecule is CC(C)C[C@H](NC(=O)[C@H](Cc1ccccc1)NC(=O)[C@@H]1CCCN1C(=O)[C@@H](N)C1CCCCC1)B(O)O. The van der Waals surface area contributed by atoms with E-state index in [9.17, 15) is 24.4 Å². The summed E-state index contributed by atoms with van der Waals surface area (Å²) in [5.41, 5.74) is 7.23. The van der Waals surface area contributed by atoms with Crippen LogP contribution in [0.15, 0.2) is 30.3 Å². The van der Waals surface area contributed by atoms with Crippen LogP contribution in [-0.2, 0) is 20.8 Å². The molecule has 3 amide bonds. The normalized spacial score (nSPS) is 20.8. The standard InChI is InChI=1S/C27H43BN4O5/c1-18(2)16-23(28(36)37)31-25(33)21(17-19-10-5-3-6-11-19)30-26(34)22-14-9-15-32(22)27(35)24(29)20-12-7-4-8-13-20/h3,5-6,10-11,18,20-24,36-37H,4,7-9,12-17,29H2,1-2H3,(H,30,34)(H,31,33)/t21-,22-,23-,24-/m0/s1. The second kappa shape index (κ2) is 13.9. The second-order valence-corrected chi connectivity index (χ2v) is 11.0. The maximum absolute atomic E-state index is 13.4. The molecule has 1 heterocycles. The van der Waals surface area contributed by atoms with Crippen molar-refractivity contribution in [2.24, 2.45) is 17.6 Å². The number of carbonyl (C=O) groups excluding carboxylic acids is 3. The first-order valence-electron chi connectivity index (χ1n) is 13.7. The Morgan fingerprint density at radius 2 is 1.70 bits per heavy atom. The molecule has 1 aromatic rings. The van der Waals surface area contributed by atoms with Crippen LogP contribution in [0.5, 0.6) is 0 Å². The lowest BCUT2D eigenvalue weighted by Gasteiger charge is -2.32. The van der Waals surface area contributed by atoms with Crippen molar-refractivity contribution in [1.82, 2.24) is 15.5 Å². The van der Waals surface area contributed by atoms with E-state index in [0.717, 1.165) is 31.2 Å². The van der Waals surface area contributed by atoms with Crippen LogP contribution in [0.1, 0.15) is 70.8 Å². The summed E-state index contributed by atoms with van der Waals surface area (Å²) in [6, 6.07) is 7.09. The number of likely N-dealkylation sites (tertiary alicyclic amines) is 1. The summed E-state index contributed by atoms with van der Waals surface area (Å²) >= 11 is 0. The molecule has 0 bridgehead atoms. The highest BCUT2D eigenvalue weighted by molar-refractivity contribution is 6.43. The quantitative estimate of drug-likeness (QED) is 0.280. The van der Waals surface area contributed by atoms with Crippen LogP contribution in [0.2, 0.25) is 0 Å². The molecule has 1 aromatic carbocycles. The summed E-state index contributed by atoms with van der Waals surface area (Å²) in [5.74, 6) is -1.66. The van der Waals surface area contributed by atoms with Gasteiger partial charge in [0, 0.05) is 13.0 Å². The number of hydrogen-bond donors (Lipinski definition) is 5. The third-order valence-electron chi connectivity index (χ3n) is 7.61. The molecular formula is C27H43BN4O5. The van der Waals surface area contributed by atoms with Crippen LogP contribution < -0.4 is 16.4 Å². The van der Waals surface area contributed by atoms with Gasteiger partial charge in [0.25, 0.3) is 0 Å². The summed E-state index contributed by atoms with van der Waals surface area (Å²) in [7, 11) is -1.72. The molecule has 0 unspecified atom stereocenters.